The second-order valence-electron chi connectivity index (χ2n) is 16.0. The lowest BCUT2D eigenvalue weighted by molar-refractivity contribution is -0.167. The highest BCUT2D eigenvalue weighted by Crippen LogP contribution is 2.14. The summed E-state index contributed by atoms with van der Waals surface area (Å²) < 4.78 is 16.7. The van der Waals surface area contributed by atoms with Crippen molar-refractivity contribution in [2.75, 3.05) is 13.2 Å². The molecule has 0 bridgehead atoms. The fourth-order valence-electron chi connectivity index (χ4n) is 6.69. The summed E-state index contributed by atoms with van der Waals surface area (Å²) in [6.45, 7) is 6.47. The van der Waals surface area contributed by atoms with Crippen LogP contribution in [0.5, 0.6) is 0 Å². The molecule has 0 heterocycles. The summed E-state index contributed by atoms with van der Waals surface area (Å²) in [4.78, 5) is 37.8. The lowest BCUT2D eigenvalue weighted by Crippen LogP contribution is -2.30. The Morgan fingerprint density at radius 3 is 1.14 bits per heavy atom. The van der Waals surface area contributed by atoms with E-state index in [1.807, 2.05) is 0 Å². The number of carbonyl (C=O) groups excluding carboxylic acids is 3. The Morgan fingerprint density at radius 2 is 0.684 bits per heavy atom. The summed E-state index contributed by atoms with van der Waals surface area (Å²) in [5.41, 5.74) is 0. The quantitative estimate of drug-likeness (QED) is 0.0265. The van der Waals surface area contributed by atoms with Crippen LogP contribution < -0.4 is 0 Å². The van der Waals surface area contributed by atoms with Gasteiger partial charge < -0.3 is 14.2 Å². The van der Waals surface area contributed by atoms with Crippen molar-refractivity contribution in [2.45, 2.75) is 245 Å². The first-order valence-electron chi connectivity index (χ1n) is 24.1. The van der Waals surface area contributed by atoms with Gasteiger partial charge in [0.25, 0.3) is 0 Å². The second kappa shape index (κ2) is 46.1. The molecule has 0 rings (SSSR count). The maximum absolute atomic E-state index is 12.7. The van der Waals surface area contributed by atoms with Gasteiger partial charge in [0.05, 0.1) is 0 Å². The largest absolute Gasteiger partial charge is 0.462 e. The Hall–Kier alpha value is -2.63. The van der Waals surface area contributed by atoms with Crippen LogP contribution in [0.25, 0.3) is 0 Å². The number of carbonyl (C=O) groups is 3. The molecule has 330 valence electrons. The summed E-state index contributed by atoms with van der Waals surface area (Å²) >= 11 is 0. The molecule has 6 heteroatoms. The number of unbranched alkanes of at least 4 members (excludes halogenated alkanes) is 24. The highest BCUT2D eigenvalue weighted by Gasteiger charge is 2.19. The van der Waals surface area contributed by atoms with Gasteiger partial charge in [0, 0.05) is 19.3 Å². The molecular formula is C51H90O6. The van der Waals surface area contributed by atoms with Crippen LogP contribution in [0.2, 0.25) is 0 Å². The Balaban J connectivity index is 4.40. The van der Waals surface area contributed by atoms with E-state index in [0.717, 1.165) is 70.6 Å². The molecule has 0 amide bonds. The van der Waals surface area contributed by atoms with Crippen LogP contribution >= 0.6 is 0 Å². The van der Waals surface area contributed by atoms with Crippen molar-refractivity contribution in [3.63, 3.8) is 0 Å². The zero-order chi connectivity index (χ0) is 41.5. The van der Waals surface area contributed by atoms with Crippen LogP contribution in [0.1, 0.15) is 239 Å². The van der Waals surface area contributed by atoms with Crippen molar-refractivity contribution in [3.05, 3.63) is 48.6 Å². The molecule has 0 aromatic heterocycles. The van der Waals surface area contributed by atoms with Gasteiger partial charge in [-0.25, -0.2) is 0 Å². The zero-order valence-electron chi connectivity index (χ0n) is 37.6. The molecule has 57 heavy (non-hydrogen) atoms. The van der Waals surface area contributed by atoms with Crippen LogP contribution in [-0.2, 0) is 28.6 Å². The van der Waals surface area contributed by atoms with E-state index in [1.54, 1.807) is 0 Å². The fraction of sp³-hybridized carbons (Fsp3) is 0.784. The highest BCUT2D eigenvalue weighted by molar-refractivity contribution is 5.71. The minimum atomic E-state index is -0.790. The summed E-state index contributed by atoms with van der Waals surface area (Å²) in [7, 11) is 0. The van der Waals surface area contributed by atoms with Gasteiger partial charge in [-0.2, -0.15) is 0 Å². The van der Waals surface area contributed by atoms with Crippen LogP contribution in [-0.4, -0.2) is 37.2 Å². The van der Waals surface area contributed by atoms with Gasteiger partial charge in [-0.05, 0) is 77.0 Å². The minimum Gasteiger partial charge on any atom is -0.462 e. The normalized spacial score (nSPS) is 12.4. The first-order valence-corrected chi connectivity index (χ1v) is 24.1. The van der Waals surface area contributed by atoms with E-state index < -0.39 is 6.10 Å². The molecule has 0 aliphatic rings. The topological polar surface area (TPSA) is 78.9 Å². The van der Waals surface area contributed by atoms with Crippen molar-refractivity contribution in [3.8, 4) is 0 Å². The highest BCUT2D eigenvalue weighted by atomic mass is 16.6. The van der Waals surface area contributed by atoms with Crippen LogP contribution in [0.4, 0.5) is 0 Å². The van der Waals surface area contributed by atoms with E-state index in [-0.39, 0.29) is 37.5 Å². The average Bonchev–Trinajstić information content (AvgIpc) is 3.21. The molecule has 0 aliphatic carbocycles. The van der Waals surface area contributed by atoms with Gasteiger partial charge in [0.1, 0.15) is 13.2 Å². The van der Waals surface area contributed by atoms with Crippen molar-refractivity contribution in [1.82, 2.24) is 0 Å². The third-order valence-corrected chi connectivity index (χ3v) is 10.3. The van der Waals surface area contributed by atoms with E-state index in [9.17, 15) is 14.4 Å². The molecule has 0 fully saturated rings. The number of rotatable bonds is 43. The monoisotopic (exact) mass is 799 g/mol. The van der Waals surface area contributed by atoms with Crippen LogP contribution in [0.3, 0.4) is 0 Å². The third kappa shape index (κ3) is 44.3. The molecular weight excluding hydrogens is 709 g/mol. The van der Waals surface area contributed by atoms with E-state index in [1.165, 1.54) is 122 Å². The molecule has 0 radical (unpaired) electrons. The van der Waals surface area contributed by atoms with E-state index in [4.69, 9.17) is 14.2 Å². The van der Waals surface area contributed by atoms with Crippen molar-refractivity contribution >= 4 is 17.9 Å². The SMILES string of the molecule is CC/C=C\C/C=C\C/C=C\CCCCC(=O)OC(COC(=O)CCCCCCCCC/C=C\CCCCCC)COC(=O)CCCCCCCCCCCCCC. The van der Waals surface area contributed by atoms with Crippen LogP contribution in [0, 0.1) is 0 Å². The van der Waals surface area contributed by atoms with Gasteiger partial charge >= 0.3 is 17.9 Å². The first kappa shape index (κ1) is 54.4. The molecule has 6 nitrogen and oxygen atoms in total. The zero-order valence-corrected chi connectivity index (χ0v) is 37.6. The summed E-state index contributed by atoms with van der Waals surface area (Å²) in [5.74, 6) is -0.930. The van der Waals surface area contributed by atoms with Crippen LogP contribution in [0.15, 0.2) is 48.6 Å². The Labute approximate surface area is 352 Å². The second-order valence-corrected chi connectivity index (χ2v) is 16.0. The number of hydrogen-bond acceptors (Lipinski definition) is 6. The molecule has 0 saturated heterocycles. The Kier molecular flexibility index (Phi) is 43.9. The predicted molar refractivity (Wildman–Crippen MR) is 242 cm³/mol. The molecule has 0 spiro atoms. The summed E-state index contributed by atoms with van der Waals surface area (Å²) in [5, 5.41) is 0. The molecule has 0 aliphatic heterocycles. The molecule has 1 unspecified atom stereocenters. The fourth-order valence-corrected chi connectivity index (χ4v) is 6.69. The lowest BCUT2D eigenvalue weighted by Gasteiger charge is -2.18. The van der Waals surface area contributed by atoms with Gasteiger partial charge in [-0.3, -0.25) is 14.4 Å². The van der Waals surface area contributed by atoms with Gasteiger partial charge in [-0.1, -0.05) is 191 Å². The van der Waals surface area contributed by atoms with Gasteiger partial charge in [0.15, 0.2) is 6.10 Å². The molecule has 0 aromatic carbocycles. The maximum Gasteiger partial charge on any atom is 0.306 e. The van der Waals surface area contributed by atoms with Crippen molar-refractivity contribution in [2.24, 2.45) is 0 Å². The molecule has 0 aromatic rings. The lowest BCUT2D eigenvalue weighted by atomic mass is 10.0. The predicted octanol–water partition coefficient (Wildman–Crippen LogP) is 15.5. The van der Waals surface area contributed by atoms with E-state index >= 15 is 0 Å². The minimum absolute atomic E-state index is 0.0879. The Bertz CT molecular complexity index is 1010. The first-order chi connectivity index (χ1) is 28.0. The number of hydrogen-bond donors (Lipinski definition) is 0. The maximum atomic E-state index is 12.7. The Morgan fingerprint density at radius 1 is 0.368 bits per heavy atom. The average molecular weight is 799 g/mol. The number of allylic oxidation sites excluding steroid dienone is 8. The smallest absolute Gasteiger partial charge is 0.306 e. The third-order valence-electron chi connectivity index (χ3n) is 10.3. The summed E-state index contributed by atoms with van der Waals surface area (Å²) in [6, 6.07) is 0. The molecule has 0 saturated carbocycles. The summed E-state index contributed by atoms with van der Waals surface area (Å²) in [6.07, 6.45) is 53.8. The van der Waals surface area contributed by atoms with Crippen molar-refractivity contribution in [1.29, 1.82) is 0 Å². The van der Waals surface area contributed by atoms with Gasteiger partial charge in [-0.15, -0.1) is 0 Å². The number of esters is 3. The van der Waals surface area contributed by atoms with E-state index in [2.05, 4.69) is 69.4 Å². The standard InChI is InChI=1S/C51H90O6/c1-4-7-10-13-16-19-22-25-26-27-30-32-35-38-41-44-50(53)56-47-48(57-51(54)45-42-39-36-33-29-24-21-18-15-12-9-6-3)46-55-49(52)43-40-37-34-31-28-23-20-17-14-11-8-5-2/h9,12,18-19,21-22,29,33,48H,4-8,10-11,13-17,20,23-28,30-32,34-47H2,1-3H3/b12-9-,21-18-,22-19-,33-29-. The number of ether oxygens (including phenoxy) is 3. The van der Waals surface area contributed by atoms with Crippen molar-refractivity contribution < 1.29 is 28.6 Å². The van der Waals surface area contributed by atoms with E-state index in [0.29, 0.717) is 19.3 Å². The van der Waals surface area contributed by atoms with Gasteiger partial charge in [0.2, 0.25) is 0 Å². The molecule has 0 N–H and O–H groups in total. The molecule has 1 atom stereocenters.